The van der Waals surface area contributed by atoms with Crippen LogP contribution < -0.4 is 5.32 Å². The normalized spacial score (nSPS) is 30.7. The molecule has 0 radical (unpaired) electrons. The molecule has 3 heteroatoms. The van der Waals surface area contributed by atoms with Gasteiger partial charge in [0.2, 0.25) is 0 Å². The third-order valence-corrected chi connectivity index (χ3v) is 5.83. The first kappa shape index (κ1) is 13.7. The molecule has 21 heavy (non-hydrogen) atoms. The van der Waals surface area contributed by atoms with Gasteiger partial charge in [-0.3, -0.25) is 4.90 Å². The van der Waals surface area contributed by atoms with Crippen molar-refractivity contribution in [2.75, 3.05) is 19.6 Å². The standard InChI is InChI=1S/C18H25FN2/c19-15-4-5-16-14(12-15)3-6-18(16)21-10-7-13(8-11-21)17-2-1-9-20-17/h4-5,12-13,17-18,20H,1-3,6-11H2. The molecule has 0 saturated carbocycles. The van der Waals surface area contributed by atoms with Crippen molar-refractivity contribution in [1.82, 2.24) is 10.2 Å². The lowest BCUT2D eigenvalue weighted by molar-refractivity contribution is 0.119. The van der Waals surface area contributed by atoms with E-state index in [4.69, 9.17) is 0 Å². The minimum absolute atomic E-state index is 0.0829. The van der Waals surface area contributed by atoms with Crippen LogP contribution in [0.4, 0.5) is 4.39 Å². The molecule has 2 fully saturated rings. The number of benzene rings is 1. The van der Waals surface area contributed by atoms with Gasteiger partial charge in [-0.1, -0.05) is 6.07 Å². The predicted molar refractivity (Wildman–Crippen MR) is 82.8 cm³/mol. The van der Waals surface area contributed by atoms with Gasteiger partial charge in [-0.05, 0) is 87.3 Å². The summed E-state index contributed by atoms with van der Waals surface area (Å²) in [7, 11) is 0. The maximum atomic E-state index is 13.3. The second-order valence-corrected chi connectivity index (χ2v) is 6.97. The number of nitrogens with zero attached hydrogens (tertiary/aromatic N) is 1. The van der Waals surface area contributed by atoms with E-state index in [1.54, 1.807) is 12.1 Å². The molecule has 1 aliphatic carbocycles. The summed E-state index contributed by atoms with van der Waals surface area (Å²) in [5, 5.41) is 3.67. The zero-order chi connectivity index (χ0) is 14.2. The second-order valence-electron chi connectivity index (χ2n) is 6.97. The number of hydrogen-bond donors (Lipinski definition) is 1. The van der Waals surface area contributed by atoms with E-state index in [2.05, 4.69) is 10.2 Å². The molecule has 2 saturated heterocycles. The van der Waals surface area contributed by atoms with E-state index in [-0.39, 0.29) is 5.82 Å². The minimum Gasteiger partial charge on any atom is -0.314 e. The van der Waals surface area contributed by atoms with Gasteiger partial charge in [0.15, 0.2) is 0 Å². The van der Waals surface area contributed by atoms with E-state index < -0.39 is 0 Å². The van der Waals surface area contributed by atoms with Gasteiger partial charge >= 0.3 is 0 Å². The van der Waals surface area contributed by atoms with Gasteiger partial charge in [0, 0.05) is 12.1 Å². The van der Waals surface area contributed by atoms with E-state index in [0.29, 0.717) is 6.04 Å². The van der Waals surface area contributed by atoms with Crippen LogP contribution in [-0.2, 0) is 6.42 Å². The highest BCUT2D eigenvalue weighted by atomic mass is 19.1. The van der Waals surface area contributed by atoms with Crippen molar-refractivity contribution < 1.29 is 4.39 Å². The van der Waals surface area contributed by atoms with Crippen LogP contribution in [0.25, 0.3) is 0 Å². The summed E-state index contributed by atoms with van der Waals surface area (Å²) in [5.41, 5.74) is 2.62. The summed E-state index contributed by atoms with van der Waals surface area (Å²) in [6.07, 6.45) is 7.59. The smallest absolute Gasteiger partial charge is 0.123 e. The van der Waals surface area contributed by atoms with Gasteiger partial charge in [-0.15, -0.1) is 0 Å². The Kier molecular flexibility index (Phi) is 3.72. The fourth-order valence-corrected chi connectivity index (χ4v) is 4.69. The number of aryl methyl sites for hydroxylation is 1. The van der Waals surface area contributed by atoms with Gasteiger partial charge in [0.05, 0.1) is 0 Å². The predicted octanol–water partition coefficient (Wildman–Crippen LogP) is 3.28. The van der Waals surface area contributed by atoms with Crippen LogP contribution in [0.2, 0.25) is 0 Å². The average Bonchev–Trinajstić information content (AvgIpc) is 3.16. The molecule has 2 heterocycles. The zero-order valence-electron chi connectivity index (χ0n) is 12.7. The highest BCUT2D eigenvalue weighted by Crippen LogP contribution is 2.38. The molecule has 0 amide bonds. The number of fused-ring (bicyclic) bond motifs is 1. The van der Waals surface area contributed by atoms with Crippen LogP contribution in [-0.4, -0.2) is 30.6 Å². The average molecular weight is 288 g/mol. The number of likely N-dealkylation sites (tertiary alicyclic amines) is 1. The maximum Gasteiger partial charge on any atom is 0.123 e. The lowest BCUT2D eigenvalue weighted by Crippen LogP contribution is -2.41. The van der Waals surface area contributed by atoms with E-state index in [0.717, 1.165) is 18.4 Å². The van der Waals surface area contributed by atoms with Crippen molar-refractivity contribution in [2.45, 2.75) is 50.6 Å². The lowest BCUT2D eigenvalue weighted by atomic mass is 9.87. The number of rotatable bonds is 2. The number of hydrogen-bond acceptors (Lipinski definition) is 2. The van der Waals surface area contributed by atoms with E-state index in [1.165, 1.54) is 62.9 Å². The third kappa shape index (κ3) is 2.62. The van der Waals surface area contributed by atoms with Crippen LogP contribution >= 0.6 is 0 Å². The molecule has 1 N–H and O–H groups in total. The third-order valence-electron chi connectivity index (χ3n) is 5.83. The van der Waals surface area contributed by atoms with Gasteiger partial charge in [0.1, 0.15) is 5.82 Å². The molecule has 2 atom stereocenters. The molecule has 1 aromatic carbocycles. The number of halogens is 1. The lowest BCUT2D eigenvalue weighted by Gasteiger charge is -2.38. The van der Waals surface area contributed by atoms with Crippen molar-refractivity contribution in [2.24, 2.45) is 5.92 Å². The summed E-state index contributed by atoms with van der Waals surface area (Å²) >= 11 is 0. The van der Waals surface area contributed by atoms with Crippen LogP contribution in [0, 0.1) is 11.7 Å². The first-order valence-electron chi connectivity index (χ1n) is 8.57. The molecule has 2 nitrogen and oxygen atoms in total. The van der Waals surface area contributed by atoms with Crippen LogP contribution in [0.3, 0.4) is 0 Å². The maximum absolute atomic E-state index is 13.3. The Morgan fingerprint density at radius 3 is 2.71 bits per heavy atom. The Bertz CT molecular complexity index is 502. The fraction of sp³-hybridized carbons (Fsp3) is 0.667. The van der Waals surface area contributed by atoms with Crippen molar-refractivity contribution in [3.63, 3.8) is 0 Å². The Labute approximate surface area is 126 Å². The van der Waals surface area contributed by atoms with Crippen LogP contribution in [0.5, 0.6) is 0 Å². The minimum atomic E-state index is -0.0829. The molecule has 2 aliphatic heterocycles. The Morgan fingerprint density at radius 1 is 1.10 bits per heavy atom. The van der Waals surface area contributed by atoms with Gasteiger partial charge in [-0.25, -0.2) is 4.39 Å². The van der Waals surface area contributed by atoms with E-state index in [1.807, 2.05) is 6.07 Å². The largest absolute Gasteiger partial charge is 0.314 e. The molecule has 0 bridgehead atoms. The highest BCUT2D eigenvalue weighted by Gasteiger charge is 2.33. The molecule has 4 rings (SSSR count). The van der Waals surface area contributed by atoms with E-state index >= 15 is 0 Å². The Morgan fingerprint density at radius 2 is 1.95 bits per heavy atom. The Hall–Kier alpha value is -0.930. The molecule has 3 aliphatic rings. The molecule has 0 spiro atoms. The summed E-state index contributed by atoms with van der Waals surface area (Å²) in [5.74, 6) is 0.790. The first-order chi connectivity index (χ1) is 10.3. The summed E-state index contributed by atoms with van der Waals surface area (Å²) in [6.45, 7) is 3.64. The van der Waals surface area contributed by atoms with Crippen molar-refractivity contribution in [3.05, 3.63) is 35.1 Å². The van der Waals surface area contributed by atoms with Gasteiger partial charge < -0.3 is 5.32 Å². The SMILES string of the molecule is Fc1ccc2c(c1)CCC2N1CCC(C2CCCN2)CC1. The summed E-state index contributed by atoms with van der Waals surface area (Å²) in [4.78, 5) is 2.65. The molecule has 1 aromatic rings. The monoisotopic (exact) mass is 288 g/mol. The van der Waals surface area contributed by atoms with Crippen molar-refractivity contribution in [1.29, 1.82) is 0 Å². The van der Waals surface area contributed by atoms with Gasteiger partial charge in [-0.2, -0.15) is 0 Å². The molecule has 114 valence electrons. The quantitative estimate of drug-likeness (QED) is 0.898. The second kappa shape index (κ2) is 5.69. The molecule has 0 aromatic heterocycles. The zero-order valence-corrected chi connectivity index (χ0v) is 12.7. The van der Waals surface area contributed by atoms with E-state index in [9.17, 15) is 4.39 Å². The van der Waals surface area contributed by atoms with Gasteiger partial charge in [0.25, 0.3) is 0 Å². The first-order valence-corrected chi connectivity index (χ1v) is 8.57. The number of piperidine rings is 1. The number of nitrogens with one attached hydrogen (secondary N) is 1. The van der Waals surface area contributed by atoms with Crippen LogP contribution in [0.15, 0.2) is 18.2 Å². The summed E-state index contributed by atoms with van der Waals surface area (Å²) in [6, 6.07) is 6.71. The van der Waals surface area contributed by atoms with Crippen molar-refractivity contribution in [3.8, 4) is 0 Å². The van der Waals surface area contributed by atoms with Crippen molar-refractivity contribution >= 4 is 0 Å². The molecule has 2 unspecified atom stereocenters. The summed E-state index contributed by atoms with van der Waals surface area (Å²) < 4.78 is 13.3. The topological polar surface area (TPSA) is 15.3 Å². The highest BCUT2D eigenvalue weighted by molar-refractivity contribution is 5.35. The molecular weight excluding hydrogens is 263 g/mol. The van der Waals surface area contributed by atoms with Crippen LogP contribution in [0.1, 0.15) is 49.3 Å². The Balaban J connectivity index is 1.41. The fourth-order valence-electron chi connectivity index (χ4n) is 4.69. The molecular formula is C18H25FN2.